The molecule has 17 heavy (non-hydrogen) atoms. The molecule has 0 aliphatic rings. The molecule has 0 saturated heterocycles. The summed E-state index contributed by atoms with van der Waals surface area (Å²) < 4.78 is 1.30. The maximum atomic E-state index is 10.7. The van der Waals surface area contributed by atoms with E-state index in [4.69, 9.17) is 22.4 Å². The molecular formula is C10H9ClN4O2. The molecule has 0 saturated carbocycles. The van der Waals surface area contributed by atoms with Gasteiger partial charge in [0, 0.05) is 5.02 Å². The summed E-state index contributed by atoms with van der Waals surface area (Å²) in [4.78, 5) is 10.7. The fourth-order valence-electron chi connectivity index (χ4n) is 1.38. The number of carbonyl (C=O) groups is 1. The van der Waals surface area contributed by atoms with E-state index in [0.29, 0.717) is 5.02 Å². The zero-order chi connectivity index (χ0) is 12.4. The van der Waals surface area contributed by atoms with Gasteiger partial charge in [-0.25, -0.2) is 9.48 Å². The van der Waals surface area contributed by atoms with Crippen molar-refractivity contribution in [3.8, 4) is 0 Å². The standard InChI is InChI=1S/C10H9ClN4O2/c11-7-4-2-1-3-6(7)5-15-9(12)8(10(16)17)13-14-15/h1-4H,5,12H2,(H,16,17). The SMILES string of the molecule is Nc1c(C(=O)O)nnn1Cc1ccccc1Cl. The number of carboxylic acid groups (broad SMARTS) is 1. The van der Waals surface area contributed by atoms with E-state index in [2.05, 4.69) is 10.3 Å². The number of aromatic nitrogens is 3. The molecule has 0 aliphatic heterocycles. The van der Waals surface area contributed by atoms with Gasteiger partial charge >= 0.3 is 5.97 Å². The first-order valence-electron chi connectivity index (χ1n) is 4.75. The van der Waals surface area contributed by atoms with Crippen molar-refractivity contribution in [2.24, 2.45) is 0 Å². The number of aromatic carboxylic acids is 1. The van der Waals surface area contributed by atoms with Crippen molar-refractivity contribution in [3.05, 3.63) is 40.5 Å². The molecule has 2 rings (SSSR count). The topological polar surface area (TPSA) is 94.0 Å². The Morgan fingerprint density at radius 2 is 2.18 bits per heavy atom. The van der Waals surface area contributed by atoms with E-state index in [9.17, 15) is 4.79 Å². The Kier molecular flexibility index (Phi) is 2.97. The Hall–Kier alpha value is -2.08. The zero-order valence-electron chi connectivity index (χ0n) is 8.67. The van der Waals surface area contributed by atoms with Gasteiger partial charge in [0.2, 0.25) is 5.69 Å². The lowest BCUT2D eigenvalue weighted by molar-refractivity contribution is 0.0691. The number of carboxylic acids is 1. The smallest absolute Gasteiger partial charge is 0.360 e. The average molecular weight is 253 g/mol. The van der Waals surface area contributed by atoms with Crippen molar-refractivity contribution in [1.82, 2.24) is 15.0 Å². The summed E-state index contributed by atoms with van der Waals surface area (Å²) in [6.45, 7) is 0.284. The van der Waals surface area contributed by atoms with Crippen molar-refractivity contribution in [1.29, 1.82) is 0 Å². The van der Waals surface area contributed by atoms with Gasteiger partial charge in [-0.05, 0) is 11.6 Å². The van der Waals surface area contributed by atoms with E-state index in [1.165, 1.54) is 4.68 Å². The normalized spacial score (nSPS) is 10.4. The van der Waals surface area contributed by atoms with Crippen LogP contribution in [0.4, 0.5) is 5.82 Å². The summed E-state index contributed by atoms with van der Waals surface area (Å²) in [5.74, 6) is -1.19. The molecule has 1 aromatic carbocycles. The van der Waals surface area contributed by atoms with Crippen LogP contribution in [-0.2, 0) is 6.54 Å². The largest absolute Gasteiger partial charge is 0.476 e. The minimum Gasteiger partial charge on any atom is -0.476 e. The quantitative estimate of drug-likeness (QED) is 0.858. The third-order valence-corrected chi connectivity index (χ3v) is 2.62. The van der Waals surface area contributed by atoms with Crippen LogP contribution in [0.1, 0.15) is 16.1 Å². The van der Waals surface area contributed by atoms with Gasteiger partial charge in [-0.2, -0.15) is 0 Å². The maximum Gasteiger partial charge on any atom is 0.360 e. The summed E-state index contributed by atoms with van der Waals surface area (Å²) in [6, 6.07) is 7.18. The van der Waals surface area contributed by atoms with Crippen molar-refractivity contribution >= 4 is 23.4 Å². The summed E-state index contributed by atoms with van der Waals surface area (Å²) in [5.41, 5.74) is 6.16. The fraction of sp³-hybridized carbons (Fsp3) is 0.100. The van der Waals surface area contributed by atoms with Crippen molar-refractivity contribution in [2.45, 2.75) is 6.54 Å². The number of hydrogen-bond acceptors (Lipinski definition) is 4. The molecule has 1 heterocycles. The molecule has 3 N–H and O–H groups in total. The highest BCUT2D eigenvalue weighted by Gasteiger charge is 2.16. The molecule has 7 heteroatoms. The third kappa shape index (κ3) is 2.21. The second-order valence-electron chi connectivity index (χ2n) is 3.38. The van der Waals surface area contributed by atoms with Crippen LogP contribution in [-0.4, -0.2) is 26.1 Å². The van der Waals surface area contributed by atoms with Crippen LogP contribution in [0.15, 0.2) is 24.3 Å². The number of halogens is 1. The highest BCUT2D eigenvalue weighted by atomic mass is 35.5. The Bertz CT molecular complexity index is 567. The second-order valence-corrected chi connectivity index (χ2v) is 3.78. The summed E-state index contributed by atoms with van der Waals surface area (Å²) in [5, 5.41) is 16.5. The van der Waals surface area contributed by atoms with Crippen LogP contribution in [0.25, 0.3) is 0 Å². The molecule has 88 valence electrons. The van der Waals surface area contributed by atoms with E-state index in [1.54, 1.807) is 12.1 Å². The maximum absolute atomic E-state index is 10.7. The van der Waals surface area contributed by atoms with Crippen molar-refractivity contribution < 1.29 is 9.90 Å². The lowest BCUT2D eigenvalue weighted by Crippen LogP contribution is -2.08. The summed E-state index contributed by atoms with van der Waals surface area (Å²) in [6.07, 6.45) is 0. The van der Waals surface area contributed by atoms with Crippen LogP contribution in [0.5, 0.6) is 0 Å². The van der Waals surface area contributed by atoms with E-state index >= 15 is 0 Å². The van der Waals surface area contributed by atoms with E-state index in [-0.39, 0.29) is 18.1 Å². The summed E-state index contributed by atoms with van der Waals surface area (Å²) in [7, 11) is 0. The monoisotopic (exact) mass is 252 g/mol. The van der Waals surface area contributed by atoms with Gasteiger partial charge in [-0.3, -0.25) is 0 Å². The average Bonchev–Trinajstić information content (AvgIpc) is 2.64. The first kappa shape index (κ1) is 11.4. The van der Waals surface area contributed by atoms with Crippen LogP contribution in [0, 0.1) is 0 Å². The first-order chi connectivity index (χ1) is 8.09. The Morgan fingerprint density at radius 1 is 1.47 bits per heavy atom. The molecule has 0 bridgehead atoms. The van der Waals surface area contributed by atoms with E-state index in [1.807, 2.05) is 12.1 Å². The highest BCUT2D eigenvalue weighted by Crippen LogP contribution is 2.17. The Morgan fingerprint density at radius 3 is 2.76 bits per heavy atom. The van der Waals surface area contributed by atoms with Crippen LogP contribution in [0.2, 0.25) is 5.02 Å². The van der Waals surface area contributed by atoms with Gasteiger partial charge < -0.3 is 10.8 Å². The Balaban J connectivity index is 2.31. The molecule has 6 nitrogen and oxygen atoms in total. The van der Waals surface area contributed by atoms with Crippen molar-refractivity contribution in [3.63, 3.8) is 0 Å². The van der Waals surface area contributed by atoms with Gasteiger partial charge in [-0.1, -0.05) is 35.0 Å². The number of hydrogen-bond donors (Lipinski definition) is 2. The lowest BCUT2D eigenvalue weighted by atomic mass is 10.2. The highest BCUT2D eigenvalue weighted by molar-refractivity contribution is 6.31. The predicted molar refractivity (Wildman–Crippen MR) is 61.9 cm³/mol. The second kappa shape index (κ2) is 4.42. The van der Waals surface area contributed by atoms with Crippen LogP contribution in [0.3, 0.4) is 0 Å². The summed E-state index contributed by atoms with van der Waals surface area (Å²) >= 11 is 5.98. The zero-order valence-corrected chi connectivity index (χ0v) is 9.42. The number of benzene rings is 1. The number of rotatable bonds is 3. The third-order valence-electron chi connectivity index (χ3n) is 2.25. The fourth-order valence-corrected chi connectivity index (χ4v) is 1.57. The van der Waals surface area contributed by atoms with Crippen LogP contribution < -0.4 is 5.73 Å². The van der Waals surface area contributed by atoms with E-state index < -0.39 is 5.97 Å². The number of nitrogens with two attached hydrogens (primary N) is 1. The first-order valence-corrected chi connectivity index (χ1v) is 5.13. The predicted octanol–water partition coefficient (Wildman–Crippen LogP) is 1.26. The van der Waals surface area contributed by atoms with Gasteiger partial charge in [-0.15, -0.1) is 5.10 Å². The van der Waals surface area contributed by atoms with Gasteiger partial charge in [0.05, 0.1) is 6.54 Å². The molecular weight excluding hydrogens is 244 g/mol. The molecule has 2 aromatic rings. The minimum atomic E-state index is -1.20. The number of anilines is 1. The van der Waals surface area contributed by atoms with Crippen LogP contribution >= 0.6 is 11.6 Å². The Labute approximate surface area is 102 Å². The van der Waals surface area contributed by atoms with Gasteiger partial charge in [0.1, 0.15) is 0 Å². The molecule has 0 radical (unpaired) electrons. The number of nitrogen functional groups attached to an aromatic ring is 1. The molecule has 0 atom stereocenters. The van der Waals surface area contributed by atoms with Crippen molar-refractivity contribution in [2.75, 3.05) is 5.73 Å². The lowest BCUT2D eigenvalue weighted by Gasteiger charge is -2.04. The minimum absolute atomic E-state index is 0.0115. The van der Waals surface area contributed by atoms with Gasteiger partial charge in [0.25, 0.3) is 0 Å². The van der Waals surface area contributed by atoms with E-state index in [0.717, 1.165) is 5.56 Å². The van der Waals surface area contributed by atoms with Gasteiger partial charge in [0.15, 0.2) is 5.82 Å². The molecule has 0 aliphatic carbocycles. The molecule has 0 amide bonds. The molecule has 0 fully saturated rings. The number of nitrogens with zero attached hydrogens (tertiary/aromatic N) is 3. The molecule has 0 unspecified atom stereocenters. The molecule has 0 spiro atoms. The molecule has 1 aromatic heterocycles.